The molecule has 33 heavy (non-hydrogen) atoms. The highest BCUT2D eigenvalue weighted by molar-refractivity contribution is 7.99. The molecule has 8 heteroatoms. The lowest BCUT2D eigenvalue weighted by Gasteiger charge is -2.12. The van der Waals surface area contributed by atoms with Gasteiger partial charge in [0.15, 0.2) is 12.8 Å². The van der Waals surface area contributed by atoms with E-state index in [0.29, 0.717) is 16.5 Å². The molecule has 0 aliphatic rings. The Labute approximate surface area is 198 Å². The van der Waals surface area contributed by atoms with Crippen LogP contribution in [0.15, 0.2) is 83.8 Å². The first-order chi connectivity index (χ1) is 15.8. The van der Waals surface area contributed by atoms with E-state index in [1.807, 2.05) is 36.4 Å². The molecule has 172 valence electrons. The molecule has 3 rings (SSSR count). The molecule has 0 aromatic heterocycles. The number of halogens is 4. The van der Waals surface area contributed by atoms with Crippen LogP contribution in [0.1, 0.15) is 22.9 Å². The van der Waals surface area contributed by atoms with E-state index in [4.69, 9.17) is 21.4 Å². The van der Waals surface area contributed by atoms with Gasteiger partial charge in [-0.05, 0) is 40.5 Å². The van der Waals surface area contributed by atoms with Gasteiger partial charge in [-0.1, -0.05) is 72.3 Å². The molecule has 3 aromatic carbocycles. The highest BCUT2D eigenvalue weighted by Crippen LogP contribution is 2.32. The predicted octanol–water partition coefficient (Wildman–Crippen LogP) is 7.30. The van der Waals surface area contributed by atoms with Gasteiger partial charge in [-0.15, -0.1) is 11.8 Å². The molecule has 0 aliphatic carbocycles. The fraction of sp³-hybridized carbons (Fsp3) is 0.160. The Morgan fingerprint density at radius 2 is 1.67 bits per heavy atom. The molecule has 1 atom stereocenters. The van der Waals surface area contributed by atoms with Gasteiger partial charge in [0, 0.05) is 10.6 Å². The van der Waals surface area contributed by atoms with E-state index < -0.39 is 25.2 Å². The zero-order valence-corrected chi connectivity index (χ0v) is 18.8. The summed E-state index contributed by atoms with van der Waals surface area (Å²) in [6.07, 6.45) is -3.38. The normalized spacial score (nSPS) is 12.6. The van der Waals surface area contributed by atoms with E-state index in [1.165, 1.54) is 23.9 Å². The minimum Gasteiger partial charge on any atom is -0.480 e. The molecule has 3 aromatic rings. The second-order valence-electron chi connectivity index (χ2n) is 6.93. The number of alkyl halides is 3. The Bertz CT molecular complexity index is 1110. The fourth-order valence-electron chi connectivity index (χ4n) is 3.06. The van der Waals surface area contributed by atoms with Crippen molar-refractivity contribution in [2.45, 2.75) is 17.5 Å². The molecular weight excluding hydrogens is 473 g/mol. The lowest BCUT2D eigenvalue weighted by atomic mass is 9.96. The average molecular weight is 493 g/mol. The third kappa shape index (κ3) is 7.04. The summed E-state index contributed by atoms with van der Waals surface area (Å²) < 4.78 is 44.1. The average Bonchev–Trinajstić information content (AvgIpc) is 2.81. The first-order valence-corrected chi connectivity index (χ1v) is 11.3. The van der Waals surface area contributed by atoms with Crippen LogP contribution in [0.3, 0.4) is 0 Å². The van der Waals surface area contributed by atoms with Crippen LogP contribution in [0.5, 0.6) is 5.75 Å². The van der Waals surface area contributed by atoms with E-state index in [1.54, 1.807) is 30.3 Å². The van der Waals surface area contributed by atoms with Crippen LogP contribution >= 0.6 is 23.4 Å². The summed E-state index contributed by atoms with van der Waals surface area (Å²) in [6, 6.07) is 20.7. The van der Waals surface area contributed by atoms with Gasteiger partial charge in [0.05, 0.1) is 5.02 Å². The van der Waals surface area contributed by atoms with Gasteiger partial charge < -0.3 is 9.84 Å². The maximum Gasteiger partial charge on any atom is 0.341 e. The van der Waals surface area contributed by atoms with Crippen molar-refractivity contribution in [3.8, 4) is 5.75 Å². The van der Waals surface area contributed by atoms with Crippen LogP contribution in [-0.4, -0.2) is 29.9 Å². The van der Waals surface area contributed by atoms with Crippen molar-refractivity contribution < 1.29 is 27.8 Å². The standard InChI is InChI=1S/C25H20ClF3O3S/c26-21-14-19(10-11-22(21)32-15-23(30)31)33-13-12-20(16-4-2-1-3-5-16)17-6-8-18(9-7-17)24(27)25(28)29/h1-12,14,24-25H,13,15H2,(H,30,31). The smallest absolute Gasteiger partial charge is 0.341 e. The molecular formula is C25H20ClF3O3S. The van der Waals surface area contributed by atoms with E-state index >= 15 is 0 Å². The topological polar surface area (TPSA) is 46.5 Å². The quantitative estimate of drug-likeness (QED) is 0.301. The van der Waals surface area contributed by atoms with Crippen molar-refractivity contribution >= 4 is 34.9 Å². The Morgan fingerprint density at radius 1 is 1.00 bits per heavy atom. The summed E-state index contributed by atoms with van der Waals surface area (Å²) in [5, 5.41) is 9.02. The number of carboxylic acid groups (broad SMARTS) is 1. The van der Waals surface area contributed by atoms with Gasteiger partial charge in [-0.2, -0.15) is 0 Å². The molecule has 0 fully saturated rings. The second kappa shape index (κ2) is 11.8. The predicted molar refractivity (Wildman–Crippen MR) is 125 cm³/mol. The van der Waals surface area contributed by atoms with E-state index in [2.05, 4.69) is 0 Å². The number of thioether (sulfide) groups is 1. The van der Waals surface area contributed by atoms with E-state index in [9.17, 15) is 18.0 Å². The van der Waals surface area contributed by atoms with E-state index in [0.717, 1.165) is 21.6 Å². The van der Waals surface area contributed by atoms with Gasteiger partial charge in [-0.25, -0.2) is 18.0 Å². The van der Waals surface area contributed by atoms with Crippen LogP contribution in [0.25, 0.3) is 5.57 Å². The van der Waals surface area contributed by atoms with Gasteiger partial charge >= 0.3 is 5.97 Å². The number of ether oxygens (including phenoxy) is 1. The highest BCUT2D eigenvalue weighted by atomic mass is 35.5. The molecule has 0 heterocycles. The molecule has 0 aliphatic heterocycles. The number of carbonyl (C=O) groups is 1. The van der Waals surface area contributed by atoms with Crippen molar-refractivity contribution in [1.82, 2.24) is 0 Å². The number of rotatable bonds is 10. The van der Waals surface area contributed by atoms with Gasteiger partial charge in [0.25, 0.3) is 6.43 Å². The van der Waals surface area contributed by atoms with Crippen molar-refractivity contribution in [2.75, 3.05) is 12.4 Å². The monoisotopic (exact) mass is 492 g/mol. The first-order valence-electron chi connectivity index (χ1n) is 9.90. The zero-order valence-electron chi connectivity index (χ0n) is 17.3. The lowest BCUT2D eigenvalue weighted by molar-refractivity contribution is -0.139. The Balaban J connectivity index is 1.78. The summed E-state index contributed by atoms with van der Waals surface area (Å²) >= 11 is 7.68. The molecule has 0 saturated heterocycles. The third-order valence-electron chi connectivity index (χ3n) is 4.64. The van der Waals surface area contributed by atoms with Crippen LogP contribution < -0.4 is 4.74 Å². The fourth-order valence-corrected chi connectivity index (χ4v) is 4.17. The number of aliphatic carboxylic acids is 1. The number of hydrogen-bond donors (Lipinski definition) is 1. The van der Waals surface area contributed by atoms with Crippen LogP contribution in [0.4, 0.5) is 13.2 Å². The SMILES string of the molecule is O=C(O)COc1ccc(SCC=C(c2ccccc2)c2ccc(C(F)C(F)F)cc2)cc1Cl. The van der Waals surface area contributed by atoms with Gasteiger partial charge in [0.1, 0.15) is 5.75 Å². The van der Waals surface area contributed by atoms with Crippen LogP contribution in [0, 0.1) is 0 Å². The molecule has 3 nitrogen and oxygen atoms in total. The molecule has 1 unspecified atom stereocenters. The number of benzene rings is 3. The summed E-state index contributed by atoms with van der Waals surface area (Å²) in [5.41, 5.74) is 2.54. The van der Waals surface area contributed by atoms with Gasteiger partial charge in [0.2, 0.25) is 0 Å². The molecule has 0 bridgehead atoms. The van der Waals surface area contributed by atoms with Crippen LogP contribution in [-0.2, 0) is 4.79 Å². The molecule has 0 amide bonds. The minimum atomic E-state index is -3.07. The van der Waals surface area contributed by atoms with Crippen molar-refractivity contribution in [3.63, 3.8) is 0 Å². The summed E-state index contributed by atoms with van der Waals surface area (Å²) in [6.45, 7) is -0.478. The maximum atomic E-state index is 13.6. The Morgan fingerprint density at radius 3 is 2.27 bits per heavy atom. The van der Waals surface area contributed by atoms with Crippen molar-refractivity contribution in [3.05, 3.63) is 101 Å². The Hall–Kier alpha value is -2.90. The van der Waals surface area contributed by atoms with Crippen molar-refractivity contribution in [1.29, 1.82) is 0 Å². The zero-order chi connectivity index (χ0) is 23.8. The Kier molecular flexibility index (Phi) is 8.86. The molecule has 0 spiro atoms. The highest BCUT2D eigenvalue weighted by Gasteiger charge is 2.21. The third-order valence-corrected chi connectivity index (χ3v) is 5.85. The summed E-state index contributed by atoms with van der Waals surface area (Å²) in [7, 11) is 0. The first kappa shape index (κ1) is 24.7. The number of hydrogen-bond acceptors (Lipinski definition) is 3. The summed E-state index contributed by atoms with van der Waals surface area (Å²) in [5.74, 6) is -0.230. The molecule has 0 radical (unpaired) electrons. The largest absolute Gasteiger partial charge is 0.480 e. The number of carboxylic acids is 1. The summed E-state index contributed by atoms with van der Waals surface area (Å²) in [4.78, 5) is 11.5. The molecule has 1 N–H and O–H groups in total. The van der Waals surface area contributed by atoms with Crippen LogP contribution in [0.2, 0.25) is 5.02 Å². The van der Waals surface area contributed by atoms with E-state index in [-0.39, 0.29) is 5.56 Å². The molecule has 0 saturated carbocycles. The van der Waals surface area contributed by atoms with Gasteiger partial charge in [-0.3, -0.25) is 0 Å². The van der Waals surface area contributed by atoms with Crippen molar-refractivity contribution in [2.24, 2.45) is 0 Å². The maximum absolute atomic E-state index is 13.6. The lowest BCUT2D eigenvalue weighted by Crippen LogP contribution is -2.09. The second-order valence-corrected chi connectivity index (χ2v) is 8.43. The minimum absolute atomic E-state index is 0.0598.